The Kier molecular flexibility index (Phi) is 6.39. The topological polar surface area (TPSA) is 140 Å². The number of aliphatic hydroxyl groups is 4. The van der Waals surface area contributed by atoms with Gasteiger partial charge in [0.2, 0.25) is 0 Å². The number of benzene rings is 1. The van der Waals surface area contributed by atoms with Crippen molar-refractivity contribution in [2.24, 2.45) is 0 Å². The number of hydrogen-bond donors (Lipinski definition) is 6. The van der Waals surface area contributed by atoms with E-state index in [0.717, 1.165) is 0 Å². The second-order valence-corrected chi connectivity index (χ2v) is 6.00. The molecule has 1 saturated heterocycles. The quantitative estimate of drug-likeness (QED) is 0.396. The van der Waals surface area contributed by atoms with Crippen molar-refractivity contribution in [2.45, 2.75) is 56.6 Å². The molecule has 136 valence electrons. The van der Waals surface area contributed by atoms with Gasteiger partial charge in [-0.1, -0.05) is 6.07 Å². The van der Waals surface area contributed by atoms with Crippen LogP contribution in [-0.4, -0.2) is 74.1 Å². The van der Waals surface area contributed by atoms with E-state index in [4.69, 9.17) is 14.6 Å². The lowest BCUT2D eigenvalue weighted by molar-refractivity contribution is -0.310. The highest BCUT2D eigenvalue weighted by Crippen LogP contribution is 2.26. The van der Waals surface area contributed by atoms with Gasteiger partial charge in [-0.05, 0) is 31.4 Å². The lowest BCUT2D eigenvalue weighted by atomic mass is 9.99. The molecule has 1 aromatic rings. The van der Waals surface area contributed by atoms with Gasteiger partial charge >= 0.3 is 0 Å². The lowest BCUT2D eigenvalue weighted by Crippen LogP contribution is -2.59. The van der Waals surface area contributed by atoms with Crippen molar-refractivity contribution in [1.29, 1.82) is 0 Å². The van der Waals surface area contributed by atoms with Gasteiger partial charge in [-0.25, -0.2) is 0 Å². The number of phenols is 2. The van der Waals surface area contributed by atoms with Crippen LogP contribution >= 0.6 is 0 Å². The van der Waals surface area contributed by atoms with Crippen molar-refractivity contribution < 1.29 is 40.1 Å². The van der Waals surface area contributed by atoms with Gasteiger partial charge in [0.15, 0.2) is 6.29 Å². The number of rotatable bonds is 6. The molecule has 0 radical (unpaired) electrons. The first-order chi connectivity index (χ1) is 11.3. The summed E-state index contributed by atoms with van der Waals surface area (Å²) < 4.78 is 10.8. The van der Waals surface area contributed by atoms with Crippen LogP contribution in [0.4, 0.5) is 0 Å². The zero-order valence-corrected chi connectivity index (χ0v) is 13.3. The molecule has 6 atom stereocenters. The molecule has 24 heavy (non-hydrogen) atoms. The van der Waals surface area contributed by atoms with Crippen molar-refractivity contribution in [3.05, 3.63) is 23.8 Å². The minimum atomic E-state index is -1.48. The van der Waals surface area contributed by atoms with Gasteiger partial charge in [-0.2, -0.15) is 0 Å². The summed E-state index contributed by atoms with van der Waals surface area (Å²) in [5.74, 6) is -0.0445. The second kappa shape index (κ2) is 8.11. The fourth-order valence-corrected chi connectivity index (χ4v) is 2.60. The molecule has 8 nitrogen and oxygen atoms in total. The molecule has 8 heteroatoms. The third-order valence-electron chi connectivity index (χ3n) is 4.10. The monoisotopic (exact) mass is 344 g/mol. The largest absolute Gasteiger partial charge is 0.508 e. The number of aromatic hydroxyl groups is 2. The normalized spacial score (nSPS) is 31.8. The zero-order valence-electron chi connectivity index (χ0n) is 13.3. The number of ether oxygens (including phenoxy) is 2. The Morgan fingerprint density at radius 3 is 2.46 bits per heavy atom. The maximum Gasteiger partial charge on any atom is 0.186 e. The molecular formula is C16H24O8. The van der Waals surface area contributed by atoms with Crippen molar-refractivity contribution in [2.75, 3.05) is 6.61 Å². The van der Waals surface area contributed by atoms with Gasteiger partial charge in [-0.15, -0.1) is 0 Å². The summed E-state index contributed by atoms with van der Waals surface area (Å²) in [5.41, 5.74) is 0.636. The number of aliphatic hydroxyl groups excluding tert-OH is 4. The predicted molar refractivity (Wildman–Crippen MR) is 82.4 cm³/mol. The summed E-state index contributed by atoms with van der Waals surface area (Å²) in [6, 6.07) is 4.32. The van der Waals surface area contributed by atoms with E-state index < -0.39 is 37.3 Å². The van der Waals surface area contributed by atoms with Crippen LogP contribution in [0.25, 0.3) is 0 Å². The van der Waals surface area contributed by atoms with E-state index >= 15 is 0 Å². The van der Waals surface area contributed by atoms with Crippen LogP contribution < -0.4 is 0 Å². The van der Waals surface area contributed by atoms with Gasteiger partial charge in [0.25, 0.3) is 0 Å². The Bertz CT molecular complexity index is 535. The van der Waals surface area contributed by atoms with Crippen LogP contribution in [-0.2, 0) is 15.9 Å². The summed E-state index contributed by atoms with van der Waals surface area (Å²) in [4.78, 5) is 0. The molecule has 6 N–H and O–H groups in total. The fourth-order valence-electron chi connectivity index (χ4n) is 2.60. The molecule has 0 aromatic heterocycles. The van der Waals surface area contributed by atoms with Gasteiger partial charge < -0.3 is 40.1 Å². The number of aryl methyl sites for hydroxylation is 1. The molecule has 1 fully saturated rings. The van der Waals surface area contributed by atoms with Crippen LogP contribution in [0, 0.1) is 0 Å². The first kappa shape index (κ1) is 18.9. The minimum Gasteiger partial charge on any atom is -0.508 e. The Labute approximate surface area is 139 Å². The van der Waals surface area contributed by atoms with E-state index in [1.165, 1.54) is 12.1 Å². The Balaban J connectivity index is 1.90. The van der Waals surface area contributed by atoms with Crippen molar-refractivity contribution in [3.8, 4) is 11.5 Å². The van der Waals surface area contributed by atoms with Crippen LogP contribution in [0.2, 0.25) is 0 Å². The Morgan fingerprint density at radius 1 is 1.12 bits per heavy atom. The van der Waals surface area contributed by atoms with Gasteiger partial charge in [-0.3, -0.25) is 0 Å². The van der Waals surface area contributed by atoms with Crippen molar-refractivity contribution in [1.82, 2.24) is 0 Å². The van der Waals surface area contributed by atoms with Gasteiger partial charge in [0.05, 0.1) is 12.7 Å². The first-order valence-electron chi connectivity index (χ1n) is 7.80. The molecule has 1 heterocycles. The third-order valence-corrected chi connectivity index (χ3v) is 4.10. The van der Waals surface area contributed by atoms with Crippen LogP contribution in [0.1, 0.15) is 18.9 Å². The highest BCUT2D eigenvalue weighted by molar-refractivity contribution is 5.38. The Hall–Kier alpha value is -1.42. The van der Waals surface area contributed by atoms with Crippen LogP contribution in [0.15, 0.2) is 18.2 Å². The zero-order chi connectivity index (χ0) is 17.9. The molecule has 0 unspecified atom stereocenters. The molecule has 2 rings (SSSR count). The molecule has 0 bridgehead atoms. The third kappa shape index (κ3) is 4.35. The van der Waals surface area contributed by atoms with E-state index in [9.17, 15) is 25.5 Å². The van der Waals surface area contributed by atoms with Crippen molar-refractivity contribution >= 4 is 0 Å². The summed E-state index contributed by atoms with van der Waals surface area (Å²) >= 11 is 0. The molecule has 1 aliphatic heterocycles. The molecule has 1 aliphatic rings. The van der Waals surface area contributed by atoms with E-state index in [2.05, 4.69) is 0 Å². The summed E-state index contributed by atoms with van der Waals surface area (Å²) in [6.45, 7) is 1.22. The van der Waals surface area contributed by atoms with Crippen molar-refractivity contribution in [3.63, 3.8) is 0 Å². The fraction of sp³-hybridized carbons (Fsp3) is 0.625. The molecule has 0 spiro atoms. The SMILES string of the molecule is C[C@H](CCc1ccc(O)cc1O)O[C@@H]1O[C@H](CO)[C@@H](O)[C@H](O)[C@H]1O. The van der Waals surface area contributed by atoms with Crippen LogP contribution in [0.5, 0.6) is 11.5 Å². The summed E-state index contributed by atoms with van der Waals surface area (Å²) in [6.07, 6.45) is -5.97. The van der Waals surface area contributed by atoms with E-state index in [1.54, 1.807) is 13.0 Å². The van der Waals surface area contributed by atoms with E-state index in [0.29, 0.717) is 18.4 Å². The number of hydrogen-bond acceptors (Lipinski definition) is 8. The molecule has 0 saturated carbocycles. The Morgan fingerprint density at radius 2 is 1.83 bits per heavy atom. The highest BCUT2D eigenvalue weighted by atomic mass is 16.7. The first-order valence-corrected chi connectivity index (χ1v) is 7.80. The highest BCUT2D eigenvalue weighted by Gasteiger charge is 2.44. The lowest BCUT2D eigenvalue weighted by Gasteiger charge is -2.40. The molecule has 0 amide bonds. The van der Waals surface area contributed by atoms with Crippen LogP contribution in [0.3, 0.4) is 0 Å². The minimum absolute atomic E-state index is 0.0185. The van der Waals surface area contributed by atoms with Gasteiger partial charge in [0, 0.05) is 6.07 Å². The van der Waals surface area contributed by atoms with E-state index in [-0.39, 0.29) is 17.6 Å². The maximum atomic E-state index is 9.92. The predicted octanol–water partition coefficient (Wildman–Crippen LogP) is -0.765. The summed E-state index contributed by atoms with van der Waals surface area (Å²) in [5, 5.41) is 57.5. The summed E-state index contributed by atoms with van der Waals surface area (Å²) in [7, 11) is 0. The smallest absolute Gasteiger partial charge is 0.186 e. The maximum absolute atomic E-state index is 9.92. The average molecular weight is 344 g/mol. The molecule has 1 aromatic carbocycles. The van der Waals surface area contributed by atoms with E-state index in [1.807, 2.05) is 0 Å². The standard InChI is InChI=1S/C16H24O8/c1-8(2-3-9-4-5-10(18)6-11(9)19)23-16-15(22)14(21)13(20)12(7-17)24-16/h4-6,8,12-22H,2-3,7H2,1H3/t8-,12-,13-,14+,15-,16-/m1/s1. The molecule has 0 aliphatic carbocycles. The second-order valence-electron chi connectivity index (χ2n) is 6.00. The molecular weight excluding hydrogens is 320 g/mol. The number of phenolic OH excluding ortho intramolecular Hbond substituents is 2. The average Bonchev–Trinajstić information content (AvgIpc) is 2.54. The van der Waals surface area contributed by atoms with Gasteiger partial charge in [0.1, 0.15) is 35.9 Å².